The van der Waals surface area contributed by atoms with E-state index in [-0.39, 0.29) is 5.91 Å². The van der Waals surface area contributed by atoms with Gasteiger partial charge in [0.15, 0.2) is 0 Å². The minimum atomic E-state index is -0.561. The number of carbonyl (C=O) groups excluding carboxylic acids is 1. The molecule has 0 radical (unpaired) electrons. The summed E-state index contributed by atoms with van der Waals surface area (Å²) in [6.07, 6.45) is 5.07. The minimum absolute atomic E-state index is 0.315. The number of carbonyl (C=O) groups is 1. The van der Waals surface area contributed by atoms with Gasteiger partial charge in [0.1, 0.15) is 6.04 Å². The zero-order valence-electron chi connectivity index (χ0n) is 15.3. The van der Waals surface area contributed by atoms with Crippen molar-refractivity contribution in [2.24, 2.45) is 0 Å². The van der Waals surface area contributed by atoms with Crippen LogP contribution in [0.25, 0.3) is 11.3 Å². The van der Waals surface area contributed by atoms with Gasteiger partial charge in [-0.2, -0.15) is 10.4 Å². The molecule has 8 nitrogen and oxygen atoms in total. The van der Waals surface area contributed by atoms with Crippen LogP contribution >= 0.6 is 11.6 Å². The Bertz CT molecular complexity index is 1020. The number of rotatable bonds is 6. The number of nitriles is 1. The van der Waals surface area contributed by atoms with Crippen molar-refractivity contribution in [2.75, 3.05) is 5.32 Å². The van der Waals surface area contributed by atoms with Crippen LogP contribution in [0.4, 0.5) is 11.6 Å². The molecule has 0 aliphatic carbocycles. The normalized spacial score (nSPS) is 11.5. The van der Waals surface area contributed by atoms with Crippen LogP contribution in [-0.2, 0) is 6.54 Å². The number of nitrogens with zero attached hydrogens (tertiary/aromatic N) is 5. The van der Waals surface area contributed by atoms with Gasteiger partial charge in [0, 0.05) is 23.9 Å². The first-order chi connectivity index (χ1) is 13.5. The molecule has 3 aromatic rings. The Morgan fingerprint density at radius 1 is 1.32 bits per heavy atom. The third kappa shape index (κ3) is 4.45. The summed E-state index contributed by atoms with van der Waals surface area (Å²) in [4.78, 5) is 20.8. The molecule has 28 heavy (non-hydrogen) atoms. The molecule has 3 rings (SSSR count). The Balaban J connectivity index is 1.81. The second-order valence-electron chi connectivity index (χ2n) is 6.00. The molecule has 1 aromatic carbocycles. The van der Waals surface area contributed by atoms with Crippen molar-refractivity contribution in [2.45, 2.75) is 26.4 Å². The first-order valence-corrected chi connectivity index (χ1v) is 9.01. The summed E-state index contributed by atoms with van der Waals surface area (Å²) in [5, 5.41) is 19.1. The number of anilines is 2. The monoisotopic (exact) mass is 395 g/mol. The van der Waals surface area contributed by atoms with E-state index >= 15 is 0 Å². The highest BCUT2D eigenvalue weighted by Crippen LogP contribution is 2.27. The Morgan fingerprint density at radius 3 is 2.71 bits per heavy atom. The van der Waals surface area contributed by atoms with E-state index in [4.69, 9.17) is 16.9 Å². The number of aromatic nitrogens is 4. The number of hydrogen-bond donors (Lipinski definition) is 2. The van der Waals surface area contributed by atoms with Crippen molar-refractivity contribution >= 4 is 29.1 Å². The summed E-state index contributed by atoms with van der Waals surface area (Å²) >= 11 is 6.27. The lowest BCUT2D eigenvalue weighted by Crippen LogP contribution is -2.31. The SMILES string of the molecule is CCn1cc(Nc2ncc(Cl)c(-c3ccc(C(=O)N[C@@H](C)C#N)cc3)n2)cn1. The molecule has 2 aromatic heterocycles. The second-order valence-corrected chi connectivity index (χ2v) is 6.41. The third-order valence-electron chi connectivity index (χ3n) is 3.92. The summed E-state index contributed by atoms with van der Waals surface area (Å²) in [6.45, 7) is 4.38. The number of aryl methyl sites for hydroxylation is 1. The molecular formula is C19H18ClN7O. The Morgan fingerprint density at radius 2 is 2.07 bits per heavy atom. The van der Waals surface area contributed by atoms with Gasteiger partial charge in [0.05, 0.1) is 34.9 Å². The lowest BCUT2D eigenvalue weighted by molar-refractivity contribution is 0.0948. The molecule has 0 bridgehead atoms. The van der Waals surface area contributed by atoms with Gasteiger partial charge in [-0.15, -0.1) is 0 Å². The Hall–Kier alpha value is -3.44. The second kappa shape index (κ2) is 8.50. The van der Waals surface area contributed by atoms with Gasteiger partial charge >= 0.3 is 0 Å². The zero-order valence-corrected chi connectivity index (χ0v) is 16.1. The van der Waals surface area contributed by atoms with Crippen LogP contribution in [0.15, 0.2) is 42.9 Å². The van der Waals surface area contributed by atoms with Crippen molar-refractivity contribution in [1.82, 2.24) is 25.1 Å². The van der Waals surface area contributed by atoms with Gasteiger partial charge in [-0.1, -0.05) is 23.7 Å². The predicted molar refractivity (Wildman–Crippen MR) is 106 cm³/mol. The fourth-order valence-electron chi connectivity index (χ4n) is 2.45. The highest BCUT2D eigenvalue weighted by atomic mass is 35.5. The fourth-order valence-corrected chi connectivity index (χ4v) is 2.65. The smallest absolute Gasteiger partial charge is 0.252 e. The molecule has 9 heteroatoms. The van der Waals surface area contributed by atoms with Gasteiger partial charge in [-0.3, -0.25) is 9.48 Å². The number of halogens is 1. The van der Waals surface area contributed by atoms with Gasteiger partial charge in [-0.25, -0.2) is 9.97 Å². The molecule has 2 heterocycles. The van der Waals surface area contributed by atoms with E-state index < -0.39 is 6.04 Å². The van der Waals surface area contributed by atoms with Crippen molar-refractivity contribution in [1.29, 1.82) is 5.26 Å². The molecule has 142 valence electrons. The van der Waals surface area contributed by atoms with Crippen LogP contribution < -0.4 is 10.6 Å². The van der Waals surface area contributed by atoms with Crippen molar-refractivity contribution in [3.8, 4) is 17.3 Å². The van der Waals surface area contributed by atoms with Gasteiger partial charge in [-0.05, 0) is 26.0 Å². The molecule has 0 aliphatic rings. The van der Waals surface area contributed by atoms with Crippen LogP contribution in [0.5, 0.6) is 0 Å². The molecule has 2 N–H and O–H groups in total. The molecular weight excluding hydrogens is 378 g/mol. The van der Waals surface area contributed by atoms with Crippen LogP contribution in [0.3, 0.4) is 0 Å². The average molecular weight is 396 g/mol. The molecule has 0 aliphatic heterocycles. The third-order valence-corrected chi connectivity index (χ3v) is 4.20. The maximum atomic E-state index is 12.1. The molecule has 0 fully saturated rings. The van der Waals surface area contributed by atoms with E-state index in [0.717, 1.165) is 17.8 Å². The standard InChI is InChI=1S/C19H18ClN7O/c1-3-27-11-15(9-23-27)25-19-22-10-16(20)17(26-19)13-4-6-14(7-5-13)18(28)24-12(2)8-21/h4-7,9-12H,3H2,1-2H3,(H,24,28)(H,22,25,26)/t12-/m0/s1. The summed E-state index contributed by atoms with van der Waals surface area (Å²) in [5.41, 5.74) is 2.50. The molecule has 1 amide bonds. The molecule has 1 atom stereocenters. The van der Waals surface area contributed by atoms with Crippen LogP contribution in [0.2, 0.25) is 5.02 Å². The number of benzene rings is 1. The van der Waals surface area contributed by atoms with Gasteiger partial charge < -0.3 is 10.6 Å². The minimum Gasteiger partial charge on any atom is -0.337 e. The van der Waals surface area contributed by atoms with E-state index in [1.807, 2.05) is 19.2 Å². The van der Waals surface area contributed by atoms with E-state index in [9.17, 15) is 4.79 Å². The number of nitrogens with one attached hydrogen (secondary N) is 2. The van der Waals surface area contributed by atoms with Crippen molar-refractivity contribution < 1.29 is 4.79 Å². The Labute approximate surface area is 167 Å². The zero-order chi connectivity index (χ0) is 20.1. The average Bonchev–Trinajstić information content (AvgIpc) is 3.17. The first kappa shape index (κ1) is 19.3. The maximum absolute atomic E-state index is 12.1. The van der Waals surface area contributed by atoms with E-state index in [1.54, 1.807) is 42.1 Å². The Kier molecular flexibility index (Phi) is 5.87. The predicted octanol–water partition coefficient (Wildman–Crippen LogP) is 3.40. The first-order valence-electron chi connectivity index (χ1n) is 8.63. The van der Waals surface area contributed by atoms with Crippen LogP contribution in [-0.4, -0.2) is 31.7 Å². The lowest BCUT2D eigenvalue weighted by Gasteiger charge is -2.09. The van der Waals surface area contributed by atoms with Crippen molar-refractivity contribution in [3.05, 3.63) is 53.4 Å². The van der Waals surface area contributed by atoms with Gasteiger partial charge in [0.25, 0.3) is 5.91 Å². The highest BCUT2D eigenvalue weighted by Gasteiger charge is 2.12. The molecule has 0 saturated carbocycles. The lowest BCUT2D eigenvalue weighted by atomic mass is 10.1. The van der Waals surface area contributed by atoms with Crippen molar-refractivity contribution in [3.63, 3.8) is 0 Å². The van der Waals surface area contributed by atoms with Gasteiger partial charge in [0.2, 0.25) is 5.95 Å². The summed E-state index contributed by atoms with van der Waals surface area (Å²) in [6, 6.07) is 8.22. The van der Waals surface area contributed by atoms with E-state index in [1.165, 1.54) is 6.20 Å². The fraction of sp³-hybridized carbons (Fsp3) is 0.211. The largest absolute Gasteiger partial charge is 0.337 e. The quantitative estimate of drug-likeness (QED) is 0.662. The number of hydrogen-bond acceptors (Lipinski definition) is 6. The maximum Gasteiger partial charge on any atom is 0.252 e. The molecule has 0 saturated heterocycles. The topological polar surface area (TPSA) is 109 Å². The summed E-state index contributed by atoms with van der Waals surface area (Å²) < 4.78 is 1.79. The molecule has 0 unspecified atom stereocenters. The van der Waals surface area contributed by atoms with E-state index in [0.29, 0.717) is 22.2 Å². The summed E-state index contributed by atoms with van der Waals surface area (Å²) in [7, 11) is 0. The molecule has 0 spiro atoms. The summed E-state index contributed by atoms with van der Waals surface area (Å²) in [5.74, 6) is 0.0735. The number of amides is 1. The highest BCUT2D eigenvalue weighted by molar-refractivity contribution is 6.32. The van der Waals surface area contributed by atoms with Crippen LogP contribution in [0, 0.1) is 11.3 Å². The van der Waals surface area contributed by atoms with E-state index in [2.05, 4.69) is 25.7 Å². The van der Waals surface area contributed by atoms with Crippen LogP contribution in [0.1, 0.15) is 24.2 Å².